The van der Waals surface area contributed by atoms with Crippen LogP contribution >= 0.6 is 11.6 Å². The monoisotopic (exact) mass is 346 g/mol. The third kappa shape index (κ3) is 4.59. The molecule has 2 aromatic carbocycles. The summed E-state index contributed by atoms with van der Waals surface area (Å²) in [6.45, 7) is 6.04. The van der Waals surface area contributed by atoms with E-state index in [0.29, 0.717) is 5.69 Å². The fourth-order valence-electron chi connectivity index (χ4n) is 2.36. The predicted molar refractivity (Wildman–Crippen MR) is 99.1 cm³/mol. The van der Waals surface area contributed by atoms with Gasteiger partial charge in [0.15, 0.2) is 0 Å². The van der Waals surface area contributed by atoms with E-state index < -0.39 is 5.82 Å². The Morgan fingerprint density at radius 1 is 1.17 bits per heavy atom. The van der Waals surface area contributed by atoms with Crippen LogP contribution in [0.4, 0.5) is 15.8 Å². The van der Waals surface area contributed by atoms with E-state index in [1.54, 1.807) is 6.07 Å². The Hall–Kier alpha value is -2.33. The molecule has 0 aliphatic rings. The second kappa shape index (κ2) is 8.50. The van der Waals surface area contributed by atoms with Crippen molar-refractivity contribution >= 4 is 35.0 Å². The Morgan fingerprint density at radius 3 is 2.42 bits per heavy atom. The summed E-state index contributed by atoms with van der Waals surface area (Å²) in [4.78, 5) is 14.2. The number of nitrogens with zero attached hydrogens (tertiary/aromatic N) is 1. The average Bonchev–Trinajstić information content (AvgIpc) is 2.57. The molecule has 24 heavy (non-hydrogen) atoms. The van der Waals surface area contributed by atoms with E-state index in [1.165, 1.54) is 24.3 Å². The molecule has 0 saturated carbocycles. The third-order valence-electron chi connectivity index (χ3n) is 3.66. The molecule has 0 heterocycles. The lowest BCUT2D eigenvalue weighted by Crippen LogP contribution is -2.21. The van der Waals surface area contributed by atoms with Gasteiger partial charge in [0.2, 0.25) is 5.91 Å². The molecule has 0 atom stereocenters. The number of benzene rings is 2. The van der Waals surface area contributed by atoms with Crippen LogP contribution in [-0.2, 0) is 4.79 Å². The first-order valence-corrected chi connectivity index (χ1v) is 8.21. The van der Waals surface area contributed by atoms with Crippen LogP contribution in [-0.4, -0.2) is 19.0 Å². The summed E-state index contributed by atoms with van der Waals surface area (Å²) in [6, 6.07) is 12.0. The van der Waals surface area contributed by atoms with Gasteiger partial charge in [-0.05, 0) is 56.3 Å². The van der Waals surface area contributed by atoms with E-state index >= 15 is 0 Å². The molecule has 0 spiro atoms. The van der Waals surface area contributed by atoms with Crippen molar-refractivity contribution in [3.8, 4) is 0 Å². The van der Waals surface area contributed by atoms with Crippen molar-refractivity contribution in [1.82, 2.24) is 0 Å². The first-order valence-electron chi connectivity index (χ1n) is 7.83. The zero-order valence-electron chi connectivity index (χ0n) is 13.7. The fourth-order valence-corrected chi connectivity index (χ4v) is 2.58. The minimum Gasteiger partial charge on any atom is -0.372 e. The Morgan fingerprint density at radius 2 is 1.83 bits per heavy atom. The van der Waals surface area contributed by atoms with Crippen LogP contribution in [0.5, 0.6) is 0 Å². The van der Waals surface area contributed by atoms with Gasteiger partial charge in [0.25, 0.3) is 0 Å². The van der Waals surface area contributed by atoms with Crippen LogP contribution in [0.25, 0.3) is 6.08 Å². The summed E-state index contributed by atoms with van der Waals surface area (Å²) in [7, 11) is 0. The van der Waals surface area contributed by atoms with E-state index in [2.05, 4.69) is 24.1 Å². The normalized spacial score (nSPS) is 10.8. The molecule has 0 aromatic heterocycles. The number of halogens is 2. The van der Waals surface area contributed by atoms with Crippen molar-refractivity contribution in [3.05, 3.63) is 64.9 Å². The fraction of sp³-hybridized carbons (Fsp3) is 0.211. The van der Waals surface area contributed by atoms with Crippen molar-refractivity contribution in [1.29, 1.82) is 0 Å². The van der Waals surface area contributed by atoms with Gasteiger partial charge in [-0.2, -0.15) is 0 Å². The standard InChI is InChI=1S/C19H20ClFN2O/c1-3-23(4-2)15-10-8-14(9-11-15)22-19(24)13-12-16-17(20)6-5-7-18(16)21/h5-13H,3-4H2,1-2H3,(H,22,24). The average molecular weight is 347 g/mol. The minimum atomic E-state index is -0.463. The number of hydrogen-bond acceptors (Lipinski definition) is 2. The summed E-state index contributed by atoms with van der Waals surface area (Å²) in [6.07, 6.45) is 2.64. The van der Waals surface area contributed by atoms with E-state index in [1.807, 2.05) is 24.3 Å². The lowest BCUT2D eigenvalue weighted by atomic mass is 10.2. The third-order valence-corrected chi connectivity index (χ3v) is 3.99. The van der Waals surface area contributed by atoms with Crippen LogP contribution in [0.2, 0.25) is 5.02 Å². The van der Waals surface area contributed by atoms with Crippen molar-refractivity contribution in [2.75, 3.05) is 23.3 Å². The summed E-state index contributed by atoms with van der Waals surface area (Å²) in [5, 5.41) is 3.01. The van der Waals surface area contributed by atoms with Crippen molar-refractivity contribution in [2.45, 2.75) is 13.8 Å². The Kier molecular flexibility index (Phi) is 6.38. The van der Waals surface area contributed by atoms with Gasteiger partial charge in [0.05, 0.1) is 5.02 Å². The molecule has 0 radical (unpaired) electrons. The highest BCUT2D eigenvalue weighted by molar-refractivity contribution is 6.32. The maximum absolute atomic E-state index is 13.6. The highest BCUT2D eigenvalue weighted by Gasteiger charge is 2.05. The molecule has 0 saturated heterocycles. The van der Waals surface area contributed by atoms with Gasteiger partial charge in [-0.3, -0.25) is 4.79 Å². The van der Waals surface area contributed by atoms with Crippen LogP contribution in [0.1, 0.15) is 19.4 Å². The number of hydrogen-bond donors (Lipinski definition) is 1. The van der Waals surface area contributed by atoms with Gasteiger partial charge in [-0.1, -0.05) is 17.7 Å². The molecule has 0 unspecified atom stereocenters. The lowest BCUT2D eigenvalue weighted by Gasteiger charge is -2.21. The van der Waals surface area contributed by atoms with Crippen LogP contribution in [0.15, 0.2) is 48.5 Å². The van der Waals surface area contributed by atoms with Gasteiger partial charge < -0.3 is 10.2 Å². The topological polar surface area (TPSA) is 32.3 Å². The summed E-state index contributed by atoms with van der Waals surface area (Å²) in [5.74, 6) is -0.806. The summed E-state index contributed by atoms with van der Waals surface area (Å²) < 4.78 is 13.6. The van der Waals surface area contributed by atoms with Crippen LogP contribution in [0, 0.1) is 5.82 Å². The summed E-state index contributed by atoms with van der Waals surface area (Å²) >= 11 is 5.92. The molecule has 2 aromatic rings. The lowest BCUT2D eigenvalue weighted by molar-refractivity contribution is -0.111. The molecule has 1 amide bonds. The maximum Gasteiger partial charge on any atom is 0.248 e. The van der Waals surface area contributed by atoms with Crippen LogP contribution < -0.4 is 10.2 Å². The van der Waals surface area contributed by atoms with E-state index in [9.17, 15) is 9.18 Å². The molecule has 3 nitrogen and oxygen atoms in total. The number of amides is 1. The SMILES string of the molecule is CCN(CC)c1ccc(NC(=O)C=Cc2c(F)cccc2Cl)cc1. The molecule has 0 aliphatic carbocycles. The van der Waals surface area contributed by atoms with E-state index in [4.69, 9.17) is 11.6 Å². The summed E-state index contributed by atoms with van der Waals surface area (Å²) in [5.41, 5.74) is 1.98. The smallest absolute Gasteiger partial charge is 0.248 e. The molecule has 126 valence electrons. The molecule has 0 fully saturated rings. The number of carbonyl (C=O) groups excluding carboxylic acids is 1. The minimum absolute atomic E-state index is 0.200. The Bertz CT molecular complexity index is 704. The Balaban J connectivity index is 2.03. The predicted octanol–water partition coefficient (Wildman–Crippen LogP) is 4.98. The molecular formula is C19H20ClFN2O. The largest absolute Gasteiger partial charge is 0.372 e. The first-order chi connectivity index (χ1) is 11.5. The van der Waals surface area contributed by atoms with Crippen molar-refractivity contribution < 1.29 is 9.18 Å². The molecule has 1 N–H and O–H groups in total. The highest BCUT2D eigenvalue weighted by Crippen LogP contribution is 2.21. The van der Waals surface area contributed by atoms with Gasteiger partial charge in [0, 0.05) is 36.1 Å². The van der Waals surface area contributed by atoms with Gasteiger partial charge >= 0.3 is 0 Å². The Labute approximate surface area is 146 Å². The maximum atomic E-state index is 13.6. The molecule has 0 aliphatic heterocycles. The van der Waals surface area contributed by atoms with Gasteiger partial charge in [0.1, 0.15) is 5.82 Å². The van der Waals surface area contributed by atoms with E-state index in [0.717, 1.165) is 18.8 Å². The zero-order valence-corrected chi connectivity index (χ0v) is 14.5. The highest BCUT2D eigenvalue weighted by atomic mass is 35.5. The second-order valence-corrected chi connectivity index (χ2v) is 5.58. The quantitative estimate of drug-likeness (QED) is 0.748. The number of anilines is 2. The van der Waals surface area contributed by atoms with Crippen molar-refractivity contribution in [2.24, 2.45) is 0 Å². The zero-order chi connectivity index (χ0) is 17.5. The molecule has 2 rings (SSSR count). The number of carbonyl (C=O) groups is 1. The van der Waals surface area contributed by atoms with E-state index in [-0.39, 0.29) is 16.5 Å². The van der Waals surface area contributed by atoms with Crippen molar-refractivity contribution in [3.63, 3.8) is 0 Å². The molecule has 5 heteroatoms. The number of rotatable bonds is 6. The van der Waals surface area contributed by atoms with Gasteiger partial charge in [-0.15, -0.1) is 0 Å². The second-order valence-electron chi connectivity index (χ2n) is 5.18. The molecular weight excluding hydrogens is 327 g/mol. The first kappa shape index (κ1) is 18.0. The molecule has 0 bridgehead atoms. The van der Waals surface area contributed by atoms with Crippen LogP contribution in [0.3, 0.4) is 0 Å². The number of nitrogens with one attached hydrogen (secondary N) is 1. The van der Waals surface area contributed by atoms with Gasteiger partial charge in [-0.25, -0.2) is 4.39 Å².